The molecule has 2 aromatic rings. The lowest BCUT2D eigenvalue weighted by Crippen LogP contribution is -2.23. The van der Waals surface area contributed by atoms with E-state index in [9.17, 15) is 0 Å². The highest BCUT2D eigenvalue weighted by Gasteiger charge is 2.20. The largest absolute Gasteiger partial charge is 0.345 e. The monoisotopic (exact) mass is 323 g/mol. The van der Waals surface area contributed by atoms with Crippen LogP contribution in [0.4, 0.5) is 5.69 Å². The van der Waals surface area contributed by atoms with Gasteiger partial charge in [-0.2, -0.15) is 0 Å². The van der Waals surface area contributed by atoms with E-state index in [1.165, 1.54) is 21.8 Å². The van der Waals surface area contributed by atoms with E-state index in [1.54, 1.807) is 11.8 Å². The molecule has 104 valence electrons. The number of hydrogen-bond donors (Lipinski definition) is 0. The highest BCUT2D eigenvalue weighted by Crippen LogP contribution is 2.26. The number of aromatic nitrogens is 1. The maximum Gasteiger partial charge on any atom is 0.183 e. The molecule has 6 heteroatoms. The molecule has 0 unspecified atom stereocenters. The van der Waals surface area contributed by atoms with Crippen molar-refractivity contribution in [3.05, 3.63) is 45.4 Å². The van der Waals surface area contributed by atoms with Crippen molar-refractivity contribution in [1.29, 1.82) is 0 Å². The minimum Gasteiger partial charge on any atom is -0.345 e. The first-order chi connectivity index (χ1) is 9.70. The lowest BCUT2D eigenvalue weighted by Gasteiger charge is -2.16. The topological polar surface area (TPSA) is 28.5 Å². The molecule has 0 atom stereocenters. The standard InChI is InChI=1S/C14H14ClN3S2/c1-10-2-4-11(5-3-10)17-14-18(6-7-19-14)9-12-8-16-13(15)20-12/h2-5,8H,6-7,9H2,1H3. The van der Waals surface area contributed by atoms with Crippen molar-refractivity contribution in [3.63, 3.8) is 0 Å². The summed E-state index contributed by atoms with van der Waals surface area (Å²) in [5.74, 6) is 1.08. The normalized spacial score (nSPS) is 17.1. The van der Waals surface area contributed by atoms with Gasteiger partial charge < -0.3 is 4.90 Å². The number of aliphatic imine (C=N–C) groups is 1. The van der Waals surface area contributed by atoms with Crippen LogP contribution < -0.4 is 0 Å². The van der Waals surface area contributed by atoms with Crippen LogP contribution in [0.25, 0.3) is 0 Å². The van der Waals surface area contributed by atoms with Gasteiger partial charge in [0.1, 0.15) is 0 Å². The molecular weight excluding hydrogens is 310 g/mol. The van der Waals surface area contributed by atoms with E-state index in [4.69, 9.17) is 16.6 Å². The van der Waals surface area contributed by atoms with Gasteiger partial charge in [0, 0.05) is 23.4 Å². The molecule has 20 heavy (non-hydrogen) atoms. The van der Waals surface area contributed by atoms with Crippen LogP contribution in [-0.4, -0.2) is 27.3 Å². The molecule has 3 rings (SSSR count). The van der Waals surface area contributed by atoms with Gasteiger partial charge >= 0.3 is 0 Å². The molecule has 0 saturated carbocycles. The van der Waals surface area contributed by atoms with Crippen molar-refractivity contribution in [1.82, 2.24) is 9.88 Å². The van der Waals surface area contributed by atoms with E-state index < -0.39 is 0 Å². The van der Waals surface area contributed by atoms with Crippen LogP contribution in [0.1, 0.15) is 10.4 Å². The zero-order valence-corrected chi connectivity index (χ0v) is 13.4. The zero-order chi connectivity index (χ0) is 13.9. The zero-order valence-electron chi connectivity index (χ0n) is 11.0. The summed E-state index contributed by atoms with van der Waals surface area (Å²) in [6, 6.07) is 8.30. The molecule has 0 amide bonds. The molecule has 0 N–H and O–H groups in total. The number of thiazole rings is 1. The second-order valence-electron chi connectivity index (χ2n) is 4.58. The van der Waals surface area contributed by atoms with Gasteiger partial charge in [0.2, 0.25) is 0 Å². The predicted molar refractivity (Wildman–Crippen MR) is 88.3 cm³/mol. The van der Waals surface area contributed by atoms with Gasteiger partial charge in [0.15, 0.2) is 9.63 Å². The first-order valence-electron chi connectivity index (χ1n) is 6.34. The average Bonchev–Trinajstić information content (AvgIpc) is 3.03. The molecule has 0 bridgehead atoms. The van der Waals surface area contributed by atoms with Crippen molar-refractivity contribution in [3.8, 4) is 0 Å². The minimum absolute atomic E-state index is 0.601. The van der Waals surface area contributed by atoms with E-state index >= 15 is 0 Å². The number of halogens is 1. The van der Waals surface area contributed by atoms with E-state index in [0.29, 0.717) is 4.47 Å². The van der Waals surface area contributed by atoms with E-state index in [1.807, 2.05) is 6.20 Å². The predicted octanol–water partition coefficient (Wildman–Crippen LogP) is 4.34. The molecule has 1 aliphatic rings. The fraction of sp³-hybridized carbons (Fsp3) is 0.286. The molecule has 0 spiro atoms. The highest BCUT2D eigenvalue weighted by atomic mass is 35.5. The van der Waals surface area contributed by atoms with Gasteiger partial charge in [-0.25, -0.2) is 9.98 Å². The summed E-state index contributed by atoms with van der Waals surface area (Å²) >= 11 is 9.22. The Hall–Kier alpha value is -1.04. The minimum atomic E-state index is 0.601. The number of rotatable bonds is 3. The van der Waals surface area contributed by atoms with Crippen LogP contribution >= 0.6 is 34.7 Å². The van der Waals surface area contributed by atoms with Crippen LogP contribution in [-0.2, 0) is 6.54 Å². The summed E-state index contributed by atoms with van der Waals surface area (Å²) in [4.78, 5) is 12.3. The number of thioether (sulfide) groups is 1. The summed E-state index contributed by atoms with van der Waals surface area (Å²) in [5, 5.41) is 1.08. The average molecular weight is 324 g/mol. The molecule has 3 nitrogen and oxygen atoms in total. The fourth-order valence-electron chi connectivity index (χ4n) is 1.96. The third kappa shape index (κ3) is 3.34. The van der Waals surface area contributed by atoms with Crippen LogP contribution in [0.5, 0.6) is 0 Å². The molecule has 0 aliphatic carbocycles. The Morgan fingerprint density at radius 3 is 2.85 bits per heavy atom. The number of hydrogen-bond acceptors (Lipinski definition) is 4. The van der Waals surface area contributed by atoms with E-state index in [2.05, 4.69) is 41.1 Å². The SMILES string of the molecule is Cc1ccc(N=C2SCCN2Cc2cnc(Cl)s2)cc1. The van der Waals surface area contributed by atoms with Crippen molar-refractivity contribution in [2.24, 2.45) is 4.99 Å². The summed E-state index contributed by atoms with van der Waals surface area (Å²) < 4.78 is 0.601. The second kappa shape index (κ2) is 6.16. The van der Waals surface area contributed by atoms with Crippen LogP contribution in [0, 0.1) is 6.92 Å². The third-order valence-corrected chi connectivity index (χ3v) is 5.09. The van der Waals surface area contributed by atoms with Crippen molar-refractivity contribution >= 4 is 45.6 Å². The van der Waals surface area contributed by atoms with Crippen molar-refractivity contribution < 1.29 is 0 Å². The number of benzene rings is 1. The number of aryl methyl sites for hydroxylation is 1. The first-order valence-corrected chi connectivity index (χ1v) is 8.52. The van der Waals surface area contributed by atoms with Crippen LogP contribution in [0.2, 0.25) is 4.47 Å². The Labute approximate surface area is 131 Å². The molecule has 1 aromatic heterocycles. The number of nitrogens with zero attached hydrogens (tertiary/aromatic N) is 3. The Kier molecular flexibility index (Phi) is 4.29. The maximum atomic E-state index is 5.88. The van der Waals surface area contributed by atoms with Gasteiger partial charge in [0.25, 0.3) is 0 Å². The summed E-state index contributed by atoms with van der Waals surface area (Å²) in [6.45, 7) is 3.94. The molecular formula is C14H14ClN3S2. The van der Waals surface area contributed by atoms with Crippen LogP contribution in [0.3, 0.4) is 0 Å². The Bertz CT molecular complexity index is 622. The Balaban J connectivity index is 1.76. The first kappa shape index (κ1) is 13.9. The molecule has 2 heterocycles. The number of amidine groups is 1. The van der Waals surface area contributed by atoms with Gasteiger partial charge in [-0.3, -0.25) is 0 Å². The Morgan fingerprint density at radius 1 is 1.35 bits per heavy atom. The quantitative estimate of drug-likeness (QED) is 0.841. The van der Waals surface area contributed by atoms with Gasteiger partial charge in [-0.15, -0.1) is 11.3 Å². The van der Waals surface area contributed by atoms with Gasteiger partial charge in [0.05, 0.1) is 12.2 Å². The van der Waals surface area contributed by atoms with E-state index in [0.717, 1.165) is 29.7 Å². The molecule has 1 aromatic carbocycles. The Morgan fingerprint density at radius 2 is 2.15 bits per heavy atom. The van der Waals surface area contributed by atoms with Crippen molar-refractivity contribution in [2.75, 3.05) is 12.3 Å². The lowest BCUT2D eigenvalue weighted by atomic mass is 10.2. The molecule has 1 saturated heterocycles. The maximum absolute atomic E-state index is 5.88. The molecule has 1 fully saturated rings. The second-order valence-corrected chi connectivity index (χ2v) is 7.34. The third-order valence-electron chi connectivity index (χ3n) is 2.99. The molecule has 1 aliphatic heterocycles. The molecule has 0 radical (unpaired) electrons. The summed E-state index contributed by atoms with van der Waals surface area (Å²) in [6.07, 6.45) is 1.85. The smallest absolute Gasteiger partial charge is 0.183 e. The summed E-state index contributed by atoms with van der Waals surface area (Å²) in [7, 11) is 0. The van der Waals surface area contributed by atoms with E-state index in [-0.39, 0.29) is 0 Å². The van der Waals surface area contributed by atoms with Gasteiger partial charge in [-0.1, -0.05) is 41.1 Å². The fourth-order valence-corrected chi connectivity index (χ4v) is 3.95. The van der Waals surface area contributed by atoms with Gasteiger partial charge in [-0.05, 0) is 19.1 Å². The van der Waals surface area contributed by atoms with Crippen molar-refractivity contribution in [2.45, 2.75) is 13.5 Å². The lowest BCUT2D eigenvalue weighted by molar-refractivity contribution is 0.461. The summed E-state index contributed by atoms with van der Waals surface area (Å²) in [5.41, 5.74) is 2.26. The highest BCUT2D eigenvalue weighted by molar-refractivity contribution is 8.14. The van der Waals surface area contributed by atoms with Crippen LogP contribution in [0.15, 0.2) is 35.5 Å².